The molecule has 1 heterocycles. The number of pyridine rings is 1. The van der Waals surface area contributed by atoms with Crippen molar-refractivity contribution in [1.29, 1.82) is 0 Å². The number of carbonyl (C=O) groups excluding carboxylic acids is 1. The molecule has 2 rings (SSSR count). The van der Waals surface area contributed by atoms with Crippen LogP contribution in [0.1, 0.15) is 38.8 Å². The highest BCUT2D eigenvalue weighted by Gasteiger charge is 2.38. The molecule has 3 heteroatoms. The van der Waals surface area contributed by atoms with Crippen molar-refractivity contribution in [2.75, 3.05) is 0 Å². The van der Waals surface area contributed by atoms with E-state index in [9.17, 15) is 4.79 Å². The first-order valence-electron chi connectivity index (χ1n) is 6.12. The van der Waals surface area contributed by atoms with Crippen molar-refractivity contribution in [2.24, 2.45) is 11.3 Å². The molecule has 92 valence electrons. The molecule has 0 amide bonds. The highest BCUT2D eigenvalue weighted by Crippen LogP contribution is 2.43. The summed E-state index contributed by atoms with van der Waals surface area (Å²) in [7, 11) is 0. The van der Waals surface area contributed by atoms with Gasteiger partial charge in [-0.1, -0.05) is 20.3 Å². The molecule has 0 aromatic carbocycles. The first-order valence-corrected chi connectivity index (χ1v) is 6.91. The van der Waals surface area contributed by atoms with Crippen LogP contribution in [0.3, 0.4) is 0 Å². The van der Waals surface area contributed by atoms with Crippen molar-refractivity contribution < 1.29 is 4.79 Å². The Hall–Kier alpha value is -0.700. The number of nitrogens with zero attached hydrogens (tertiary/aromatic N) is 1. The summed E-state index contributed by atoms with van der Waals surface area (Å²) in [5.41, 5.74) is 1.05. The number of rotatable bonds is 3. The lowest BCUT2D eigenvalue weighted by atomic mass is 9.78. The van der Waals surface area contributed by atoms with Crippen LogP contribution in [0.4, 0.5) is 0 Å². The lowest BCUT2D eigenvalue weighted by Gasteiger charge is -2.25. The second-order valence-electron chi connectivity index (χ2n) is 5.54. The lowest BCUT2D eigenvalue weighted by molar-refractivity contribution is -0.124. The average Bonchev–Trinajstić information content (AvgIpc) is 2.61. The van der Waals surface area contributed by atoms with Crippen molar-refractivity contribution in [1.82, 2.24) is 4.98 Å². The molecule has 2 nitrogen and oxygen atoms in total. The molecule has 0 radical (unpaired) electrons. The first kappa shape index (κ1) is 12.7. The summed E-state index contributed by atoms with van der Waals surface area (Å²) in [6, 6.07) is 3.86. The Morgan fingerprint density at radius 1 is 1.53 bits per heavy atom. The molecule has 0 saturated heterocycles. The fourth-order valence-electron chi connectivity index (χ4n) is 2.74. The van der Waals surface area contributed by atoms with Gasteiger partial charge in [0.1, 0.15) is 5.78 Å². The van der Waals surface area contributed by atoms with E-state index in [1.807, 2.05) is 12.1 Å². The van der Waals surface area contributed by atoms with Crippen LogP contribution < -0.4 is 0 Å². The van der Waals surface area contributed by atoms with Crippen LogP contribution in [0.15, 0.2) is 22.8 Å². The van der Waals surface area contributed by atoms with E-state index in [0.717, 1.165) is 23.0 Å². The van der Waals surface area contributed by atoms with Gasteiger partial charge in [0, 0.05) is 28.7 Å². The van der Waals surface area contributed by atoms with Gasteiger partial charge in [-0.05, 0) is 46.3 Å². The highest BCUT2D eigenvalue weighted by molar-refractivity contribution is 9.10. The standard InChI is InChI=1S/C14H18BrNO/c1-14(2)7-3-4-12(14)13(17)8-11-6-5-10(15)9-16-11/h5-6,9,12H,3-4,7-8H2,1-2H3. The van der Waals surface area contributed by atoms with E-state index in [-0.39, 0.29) is 11.3 Å². The number of carbonyl (C=O) groups is 1. The van der Waals surface area contributed by atoms with Gasteiger partial charge in [0.2, 0.25) is 0 Å². The van der Waals surface area contributed by atoms with Gasteiger partial charge in [-0.25, -0.2) is 0 Å². The minimum absolute atomic E-state index is 0.173. The molecule has 0 bridgehead atoms. The smallest absolute Gasteiger partial charge is 0.142 e. The Balaban J connectivity index is 2.04. The van der Waals surface area contributed by atoms with Gasteiger partial charge in [-0.15, -0.1) is 0 Å². The van der Waals surface area contributed by atoms with Gasteiger partial charge in [-0.2, -0.15) is 0 Å². The fourth-order valence-corrected chi connectivity index (χ4v) is 2.97. The molecule has 1 aliphatic rings. The molecule has 0 N–H and O–H groups in total. The van der Waals surface area contributed by atoms with Gasteiger partial charge >= 0.3 is 0 Å². The van der Waals surface area contributed by atoms with Gasteiger partial charge in [0.25, 0.3) is 0 Å². The van der Waals surface area contributed by atoms with E-state index in [0.29, 0.717) is 12.2 Å². The Kier molecular flexibility index (Phi) is 3.67. The zero-order valence-corrected chi connectivity index (χ0v) is 12.0. The number of halogens is 1. The second-order valence-corrected chi connectivity index (χ2v) is 6.46. The largest absolute Gasteiger partial charge is 0.299 e. The molecule has 1 fully saturated rings. The number of ketones is 1. The summed E-state index contributed by atoms with van der Waals surface area (Å²) in [6.07, 6.45) is 5.61. The predicted octanol–water partition coefficient (Wildman–Crippen LogP) is 3.78. The molecule has 17 heavy (non-hydrogen) atoms. The lowest BCUT2D eigenvalue weighted by Crippen LogP contribution is -2.27. The third-order valence-corrected chi connectivity index (χ3v) is 4.26. The monoisotopic (exact) mass is 295 g/mol. The van der Waals surface area contributed by atoms with Gasteiger partial charge < -0.3 is 0 Å². The number of Topliss-reactive ketones (excluding diaryl/α,β-unsaturated/α-hetero) is 1. The molecule has 1 aromatic heterocycles. The maximum atomic E-state index is 12.3. The molecule has 1 aliphatic carbocycles. The van der Waals surface area contributed by atoms with Gasteiger partial charge in [-0.3, -0.25) is 9.78 Å². The molecule has 0 aliphatic heterocycles. The maximum Gasteiger partial charge on any atom is 0.142 e. The van der Waals surface area contributed by atoms with Crippen LogP contribution in [-0.4, -0.2) is 10.8 Å². The highest BCUT2D eigenvalue weighted by atomic mass is 79.9. The fraction of sp³-hybridized carbons (Fsp3) is 0.571. The van der Waals surface area contributed by atoms with Crippen molar-refractivity contribution in [3.05, 3.63) is 28.5 Å². The Morgan fingerprint density at radius 2 is 2.29 bits per heavy atom. The van der Waals surface area contributed by atoms with E-state index in [1.54, 1.807) is 6.20 Å². The van der Waals surface area contributed by atoms with E-state index in [4.69, 9.17) is 0 Å². The summed E-state index contributed by atoms with van der Waals surface area (Å²) in [4.78, 5) is 16.5. The summed E-state index contributed by atoms with van der Waals surface area (Å²) < 4.78 is 0.954. The normalized spacial score (nSPS) is 22.6. The van der Waals surface area contributed by atoms with Crippen molar-refractivity contribution in [3.63, 3.8) is 0 Å². The van der Waals surface area contributed by atoms with Crippen LogP contribution >= 0.6 is 15.9 Å². The van der Waals surface area contributed by atoms with Crippen molar-refractivity contribution in [2.45, 2.75) is 39.5 Å². The summed E-state index contributed by atoms with van der Waals surface area (Å²) >= 11 is 3.35. The Labute approximate surface area is 111 Å². The number of aromatic nitrogens is 1. The molecular weight excluding hydrogens is 278 g/mol. The van der Waals surface area contributed by atoms with E-state index in [2.05, 4.69) is 34.8 Å². The van der Waals surface area contributed by atoms with Crippen molar-refractivity contribution in [3.8, 4) is 0 Å². The van der Waals surface area contributed by atoms with Crippen LogP contribution in [-0.2, 0) is 11.2 Å². The first-order chi connectivity index (χ1) is 7.99. The van der Waals surface area contributed by atoms with Crippen LogP contribution in [0.25, 0.3) is 0 Å². The van der Waals surface area contributed by atoms with Crippen LogP contribution in [0.2, 0.25) is 0 Å². The third-order valence-electron chi connectivity index (χ3n) is 3.79. The summed E-state index contributed by atoms with van der Waals surface area (Å²) in [5, 5.41) is 0. The van der Waals surface area contributed by atoms with Gasteiger partial charge in [0.05, 0.1) is 0 Å². The Bertz CT molecular complexity index is 411. The minimum Gasteiger partial charge on any atom is -0.299 e. The minimum atomic E-state index is 0.173. The maximum absolute atomic E-state index is 12.3. The quantitative estimate of drug-likeness (QED) is 0.849. The van der Waals surface area contributed by atoms with Gasteiger partial charge in [0.15, 0.2) is 0 Å². The Morgan fingerprint density at radius 3 is 2.82 bits per heavy atom. The average molecular weight is 296 g/mol. The third kappa shape index (κ3) is 2.95. The van der Waals surface area contributed by atoms with Crippen LogP contribution in [0, 0.1) is 11.3 Å². The van der Waals surface area contributed by atoms with Crippen LogP contribution in [0.5, 0.6) is 0 Å². The molecule has 1 atom stereocenters. The number of hydrogen-bond acceptors (Lipinski definition) is 2. The topological polar surface area (TPSA) is 30.0 Å². The molecule has 0 spiro atoms. The zero-order chi connectivity index (χ0) is 12.5. The predicted molar refractivity (Wildman–Crippen MR) is 71.8 cm³/mol. The summed E-state index contributed by atoms with van der Waals surface area (Å²) in [5.74, 6) is 0.565. The zero-order valence-electron chi connectivity index (χ0n) is 10.4. The summed E-state index contributed by atoms with van der Waals surface area (Å²) in [6.45, 7) is 4.41. The van der Waals surface area contributed by atoms with E-state index < -0.39 is 0 Å². The molecule has 1 unspecified atom stereocenters. The second kappa shape index (κ2) is 4.89. The molecule has 1 aromatic rings. The molecule has 1 saturated carbocycles. The van der Waals surface area contributed by atoms with E-state index >= 15 is 0 Å². The SMILES string of the molecule is CC1(C)CCCC1C(=O)Cc1ccc(Br)cn1. The molecular formula is C14H18BrNO. The van der Waals surface area contributed by atoms with Crippen molar-refractivity contribution >= 4 is 21.7 Å². The number of hydrogen-bond donors (Lipinski definition) is 0. The van der Waals surface area contributed by atoms with E-state index in [1.165, 1.54) is 6.42 Å².